The predicted molar refractivity (Wildman–Crippen MR) is 95.6 cm³/mol. The van der Waals surface area contributed by atoms with Crippen molar-refractivity contribution in [2.24, 2.45) is 0 Å². The van der Waals surface area contributed by atoms with Crippen molar-refractivity contribution < 1.29 is 5.11 Å². The SMILES string of the molecule is C[C@](/C=C/[Si](C)(C)C)([C@H](O)c1ccccc1)[Si](C)(C)C. The Morgan fingerprint density at radius 3 is 1.90 bits per heavy atom. The molecule has 0 heterocycles. The molecule has 0 saturated heterocycles. The average molecular weight is 307 g/mol. The minimum absolute atomic E-state index is 0.144. The van der Waals surface area contributed by atoms with Crippen LogP contribution in [0.1, 0.15) is 18.6 Å². The summed E-state index contributed by atoms with van der Waals surface area (Å²) in [6.07, 6.45) is 1.89. The first kappa shape index (κ1) is 17.4. The van der Waals surface area contributed by atoms with Gasteiger partial charge in [-0.05, 0) is 5.56 Å². The van der Waals surface area contributed by atoms with Gasteiger partial charge >= 0.3 is 0 Å². The lowest BCUT2D eigenvalue weighted by molar-refractivity contribution is 0.143. The number of hydrogen-bond donors (Lipinski definition) is 1. The Morgan fingerprint density at radius 1 is 1.00 bits per heavy atom. The van der Waals surface area contributed by atoms with Gasteiger partial charge < -0.3 is 5.11 Å². The second kappa shape index (κ2) is 6.00. The monoisotopic (exact) mass is 306 g/mol. The maximum Gasteiger partial charge on any atom is 0.0853 e. The molecule has 1 aromatic carbocycles. The van der Waals surface area contributed by atoms with Crippen LogP contribution in [0.15, 0.2) is 42.1 Å². The first-order valence-corrected chi connectivity index (χ1v) is 14.5. The first-order chi connectivity index (χ1) is 8.97. The molecule has 112 valence electrons. The van der Waals surface area contributed by atoms with Crippen LogP contribution in [-0.4, -0.2) is 21.3 Å². The van der Waals surface area contributed by atoms with Crippen molar-refractivity contribution in [1.82, 2.24) is 0 Å². The van der Waals surface area contributed by atoms with Crippen LogP contribution in [-0.2, 0) is 0 Å². The van der Waals surface area contributed by atoms with E-state index < -0.39 is 22.3 Å². The Bertz CT molecular complexity index is 454. The van der Waals surface area contributed by atoms with Crippen molar-refractivity contribution in [1.29, 1.82) is 0 Å². The molecule has 0 aliphatic rings. The van der Waals surface area contributed by atoms with E-state index >= 15 is 0 Å². The van der Waals surface area contributed by atoms with E-state index in [1.165, 1.54) is 0 Å². The van der Waals surface area contributed by atoms with E-state index in [1.54, 1.807) is 0 Å². The first-order valence-electron chi connectivity index (χ1n) is 7.41. The van der Waals surface area contributed by atoms with Gasteiger partial charge in [-0.1, -0.05) is 88.3 Å². The molecule has 0 bridgehead atoms. The number of aliphatic hydroxyl groups excluding tert-OH is 1. The highest BCUT2D eigenvalue weighted by Gasteiger charge is 2.43. The molecule has 1 aromatic rings. The van der Waals surface area contributed by atoms with Gasteiger partial charge in [0.1, 0.15) is 0 Å². The van der Waals surface area contributed by atoms with Crippen molar-refractivity contribution in [3.05, 3.63) is 47.7 Å². The molecule has 2 atom stereocenters. The van der Waals surface area contributed by atoms with E-state index in [2.05, 4.69) is 58.0 Å². The smallest absolute Gasteiger partial charge is 0.0853 e. The van der Waals surface area contributed by atoms with Crippen molar-refractivity contribution >= 4 is 16.1 Å². The summed E-state index contributed by atoms with van der Waals surface area (Å²) in [5.74, 6) is 0. The van der Waals surface area contributed by atoms with E-state index in [0.717, 1.165) is 5.56 Å². The molecule has 0 aliphatic carbocycles. The Hall–Kier alpha value is -0.646. The number of hydrogen-bond acceptors (Lipinski definition) is 1. The van der Waals surface area contributed by atoms with E-state index in [4.69, 9.17) is 0 Å². The molecule has 0 fully saturated rings. The maximum atomic E-state index is 11.0. The van der Waals surface area contributed by atoms with Crippen LogP contribution in [0.4, 0.5) is 0 Å². The minimum atomic E-state index is -1.57. The minimum Gasteiger partial charge on any atom is -0.388 e. The van der Waals surface area contributed by atoms with Crippen molar-refractivity contribution in [3.8, 4) is 0 Å². The second-order valence-electron chi connectivity index (χ2n) is 8.05. The zero-order valence-corrected chi connectivity index (χ0v) is 16.1. The summed E-state index contributed by atoms with van der Waals surface area (Å²) in [6, 6.07) is 10.1. The zero-order chi connectivity index (χ0) is 15.6. The molecule has 1 rings (SSSR count). The quantitative estimate of drug-likeness (QED) is 0.736. The van der Waals surface area contributed by atoms with Crippen molar-refractivity contribution in [3.63, 3.8) is 0 Å². The van der Waals surface area contributed by atoms with Gasteiger partial charge in [0.15, 0.2) is 0 Å². The lowest BCUT2D eigenvalue weighted by Crippen LogP contribution is -2.41. The fourth-order valence-electron chi connectivity index (χ4n) is 2.16. The summed E-state index contributed by atoms with van der Waals surface area (Å²) in [4.78, 5) is 0. The third kappa shape index (κ3) is 4.17. The van der Waals surface area contributed by atoms with Gasteiger partial charge in [-0.25, -0.2) is 0 Å². The zero-order valence-electron chi connectivity index (χ0n) is 14.1. The number of benzene rings is 1. The third-order valence-electron chi connectivity index (χ3n) is 4.23. The number of aliphatic hydroxyl groups is 1. The molecular formula is C17H30OSi2. The summed E-state index contributed by atoms with van der Waals surface area (Å²) in [5.41, 5.74) is 3.41. The summed E-state index contributed by atoms with van der Waals surface area (Å²) in [5, 5.41) is 10.8. The summed E-state index contributed by atoms with van der Waals surface area (Å²) < 4.78 is 0. The van der Waals surface area contributed by atoms with Crippen LogP contribution >= 0.6 is 0 Å². The fraction of sp³-hybridized carbons (Fsp3) is 0.529. The van der Waals surface area contributed by atoms with E-state index in [1.807, 2.05) is 30.3 Å². The molecule has 20 heavy (non-hydrogen) atoms. The van der Waals surface area contributed by atoms with E-state index in [-0.39, 0.29) is 5.04 Å². The molecule has 0 amide bonds. The molecule has 3 heteroatoms. The predicted octanol–water partition coefficient (Wildman–Crippen LogP) is 5.25. The molecule has 1 N–H and O–H groups in total. The summed E-state index contributed by atoms with van der Waals surface area (Å²) >= 11 is 0. The van der Waals surface area contributed by atoms with Gasteiger partial charge in [0.2, 0.25) is 0 Å². The van der Waals surface area contributed by atoms with E-state index in [0.29, 0.717) is 0 Å². The molecular weight excluding hydrogens is 276 g/mol. The summed E-state index contributed by atoms with van der Waals surface area (Å²) in [7, 11) is -2.83. The topological polar surface area (TPSA) is 20.2 Å². The number of rotatable bonds is 5. The van der Waals surface area contributed by atoms with Crippen LogP contribution in [0.5, 0.6) is 0 Å². The highest BCUT2D eigenvalue weighted by molar-refractivity contribution is 6.82. The third-order valence-corrected chi connectivity index (χ3v) is 9.07. The van der Waals surface area contributed by atoms with Gasteiger partial charge in [0.25, 0.3) is 0 Å². The van der Waals surface area contributed by atoms with Gasteiger partial charge in [-0.2, -0.15) is 0 Å². The van der Waals surface area contributed by atoms with Crippen molar-refractivity contribution in [2.75, 3.05) is 0 Å². The van der Waals surface area contributed by atoms with Gasteiger partial charge in [0, 0.05) is 5.04 Å². The van der Waals surface area contributed by atoms with Gasteiger partial charge in [-0.15, -0.1) is 0 Å². The second-order valence-corrected chi connectivity index (χ2v) is 18.7. The highest BCUT2D eigenvalue weighted by Crippen LogP contribution is 2.50. The Kier molecular flexibility index (Phi) is 5.22. The lowest BCUT2D eigenvalue weighted by Gasteiger charge is -2.42. The average Bonchev–Trinajstić information content (AvgIpc) is 2.34. The molecule has 0 radical (unpaired) electrons. The van der Waals surface area contributed by atoms with Crippen LogP contribution in [0, 0.1) is 0 Å². The Balaban J connectivity index is 3.23. The molecule has 1 nitrogen and oxygen atoms in total. The highest BCUT2D eigenvalue weighted by atomic mass is 28.3. The van der Waals surface area contributed by atoms with Gasteiger partial charge in [0.05, 0.1) is 22.3 Å². The van der Waals surface area contributed by atoms with Crippen LogP contribution < -0.4 is 0 Å². The largest absolute Gasteiger partial charge is 0.388 e. The standard InChI is InChI=1S/C17H30OSi2/c1-17(20(5,6)7,13-14-19(2,3)4)16(18)15-11-9-8-10-12-15/h8-14,16,18H,1-7H3/b14-13+/t16-,17+/m1/s1. The lowest BCUT2D eigenvalue weighted by atomic mass is 9.96. The normalized spacial score (nSPS) is 18.0. The van der Waals surface area contributed by atoms with Crippen molar-refractivity contribution in [2.45, 2.75) is 57.3 Å². The fourth-order valence-corrected chi connectivity index (χ4v) is 4.74. The van der Waals surface area contributed by atoms with Crippen LogP contribution in [0.2, 0.25) is 44.3 Å². The van der Waals surface area contributed by atoms with E-state index in [9.17, 15) is 5.11 Å². The molecule has 0 spiro atoms. The van der Waals surface area contributed by atoms with Crippen LogP contribution in [0.3, 0.4) is 0 Å². The molecule has 0 saturated carbocycles. The molecule has 0 aliphatic heterocycles. The maximum absolute atomic E-state index is 11.0. The Morgan fingerprint density at radius 2 is 1.50 bits per heavy atom. The van der Waals surface area contributed by atoms with Gasteiger partial charge in [-0.3, -0.25) is 0 Å². The molecule has 0 aromatic heterocycles. The Labute approximate surface area is 126 Å². The van der Waals surface area contributed by atoms with Crippen LogP contribution in [0.25, 0.3) is 0 Å². The molecule has 0 unspecified atom stereocenters. The summed E-state index contributed by atoms with van der Waals surface area (Å²) in [6.45, 7) is 16.3.